The lowest BCUT2D eigenvalue weighted by Gasteiger charge is -2.22. The first kappa shape index (κ1) is 22.5. The van der Waals surface area contributed by atoms with Gasteiger partial charge in [0.15, 0.2) is 0 Å². The van der Waals surface area contributed by atoms with Crippen LogP contribution in [-0.2, 0) is 5.60 Å². The third-order valence-corrected chi connectivity index (χ3v) is 6.98. The molecular weight excluding hydrogens is 477 g/mol. The molecule has 6 nitrogen and oxygen atoms in total. The van der Waals surface area contributed by atoms with E-state index in [1.165, 1.54) is 29.7 Å². The van der Waals surface area contributed by atoms with Crippen molar-refractivity contribution in [2.75, 3.05) is 5.32 Å². The molecule has 0 saturated heterocycles. The number of hydrogen-bond acceptors (Lipinski definition) is 5. The molecule has 2 heterocycles. The molecule has 172 valence electrons. The van der Waals surface area contributed by atoms with Gasteiger partial charge in [-0.25, -0.2) is 4.39 Å². The van der Waals surface area contributed by atoms with Crippen LogP contribution in [0.25, 0.3) is 10.1 Å². The highest BCUT2D eigenvalue weighted by molar-refractivity contribution is 7.13. The van der Waals surface area contributed by atoms with Gasteiger partial charge < -0.3 is 15.7 Å². The molecule has 0 spiro atoms. The molecule has 2 amide bonds. The van der Waals surface area contributed by atoms with Gasteiger partial charge in [-0.1, -0.05) is 29.8 Å². The maximum atomic E-state index is 14.1. The zero-order valence-corrected chi connectivity index (χ0v) is 19.7. The molecular formula is C25H19ClFN3O3S. The highest BCUT2D eigenvalue weighted by Gasteiger charge is 2.36. The molecule has 1 aliphatic heterocycles. The second kappa shape index (κ2) is 8.16. The van der Waals surface area contributed by atoms with Gasteiger partial charge >= 0.3 is 0 Å². The molecule has 0 bridgehead atoms. The summed E-state index contributed by atoms with van der Waals surface area (Å²) >= 11 is 7.56. The van der Waals surface area contributed by atoms with Gasteiger partial charge in [0.1, 0.15) is 11.5 Å². The Balaban J connectivity index is 1.66. The van der Waals surface area contributed by atoms with Gasteiger partial charge in [-0.3, -0.25) is 9.59 Å². The van der Waals surface area contributed by atoms with Crippen LogP contribution in [0.2, 0.25) is 5.02 Å². The van der Waals surface area contributed by atoms with Gasteiger partial charge in [0.2, 0.25) is 0 Å². The predicted octanol–water partition coefficient (Wildman–Crippen LogP) is 5.40. The molecule has 5 rings (SSSR count). The van der Waals surface area contributed by atoms with Crippen molar-refractivity contribution < 1.29 is 19.1 Å². The van der Waals surface area contributed by atoms with Crippen LogP contribution in [-0.4, -0.2) is 21.3 Å². The molecule has 1 aliphatic rings. The molecule has 0 fully saturated rings. The minimum Gasteiger partial charge on any atom is -0.386 e. The average molecular weight is 496 g/mol. The van der Waals surface area contributed by atoms with Crippen LogP contribution < -0.4 is 10.6 Å². The number of aliphatic hydroxyl groups is 1. The van der Waals surface area contributed by atoms with Gasteiger partial charge in [0.25, 0.3) is 11.8 Å². The largest absolute Gasteiger partial charge is 0.386 e. The second-order valence-electron chi connectivity index (χ2n) is 8.60. The van der Waals surface area contributed by atoms with E-state index in [0.29, 0.717) is 27.8 Å². The van der Waals surface area contributed by atoms with Crippen LogP contribution in [0.3, 0.4) is 0 Å². The molecule has 3 N–H and O–H groups in total. The van der Waals surface area contributed by atoms with E-state index >= 15 is 0 Å². The van der Waals surface area contributed by atoms with E-state index in [0.717, 1.165) is 4.70 Å². The zero-order chi connectivity index (χ0) is 24.2. The summed E-state index contributed by atoms with van der Waals surface area (Å²) in [4.78, 5) is 26.2. The summed E-state index contributed by atoms with van der Waals surface area (Å²) in [6.07, 6.45) is 0. The predicted molar refractivity (Wildman–Crippen MR) is 130 cm³/mol. The number of nitrogens with zero attached hydrogens (tertiary/aromatic N) is 1. The van der Waals surface area contributed by atoms with Gasteiger partial charge in [-0.15, -0.1) is 0 Å². The molecule has 0 aliphatic carbocycles. The van der Waals surface area contributed by atoms with Crippen molar-refractivity contribution in [2.45, 2.75) is 25.5 Å². The summed E-state index contributed by atoms with van der Waals surface area (Å²) in [5, 5.41) is 17.3. The van der Waals surface area contributed by atoms with Crippen LogP contribution in [0.15, 0.2) is 54.6 Å². The normalized spacial score (nSPS) is 15.3. The fourth-order valence-corrected chi connectivity index (χ4v) is 5.09. The lowest BCUT2D eigenvalue weighted by Crippen LogP contribution is -2.21. The quantitative estimate of drug-likeness (QED) is 0.353. The highest BCUT2D eigenvalue weighted by Crippen LogP contribution is 2.41. The summed E-state index contributed by atoms with van der Waals surface area (Å²) in [6.45, 7) is 3.17. The first-order valence-corrected chi connectivity index (χ1v) is 11.6. The van der Waals surface area contributed by atoms with E-state index in [9.17, 15) is 19.1 Å². The fraction of sp³-hybridized carbons (Fsp3) is 0.160. The number of anilines is 1. The number of nitrogens with one attached hydrogen (secondary N) is 2. The lowest BCUT2D eigenvalue weighted by molar-refractivity contribution is 0.0784. The van der Waals surface area contributed by atoms with E-state index in [2.05, 4.69) is 15.0 Å². The van der Waals surface area contributed by atoms with E-state index in [1.807, 2.05) is 24.3 Å². The lowest BCUT2D eigenvalue weighted by atomic mass is 9.90. The minimum atomic E-state index is -1.28. The first-order valence-electron chi connectivity index (χ1n) is 10.5. The Hall–Kier alpha value is -3.33. The van der Waals surface area contributed by atoms with Gasteiger partial charge in [-0.2, -0.15) is 4.37 Å². The molecule has 1 unspecified atom stereocenters. The SMILES string of the molecule is CC(C)(O)c1cc(NC(=O)c2nsc3ccccc23)c2c(c1)C(=O)NC2c1cc(F)ccc1Cl. The Bertz CT molecular complexity index is 1480. The topological polar surface area (TPSA) is 91.3 Å². The van der Waals surface area contributed by atoms with Gasteiger partial charge in [0, 0.05) is 32.8 Å². The van der Waals surface area contributed by atoms with Crippen molar-refractivity contribution in [1.29, 1.82) is 0 Å². The number of rotatable bonds is 4. The third-order valence-electron chi connectivity index (χ3n) is 5.80. The Labute approximate surface area is 203 Å². The standard InChI is InChI=1S/C25H19ClFN3O3S/c1-25(2,33)12-9-16-20(21(29-23(16)31)15-11-13(27)7-8-17(15)26)18(10-12)28-24(32)22-14-5-3-4-6-19(14)34-30-22/h3-11,21,33H,1-2H3,(H,28,32)(H,29,31). The van der Waals surface area contributed by atoms with Crippen LogP contribution >= 0.6 is 23.1 Å². The summed E-state index contributed by atoms with van der Waals surface area (Å²) in [5.41, 5.74) is 0.782. The molecule has 4 aromatic rings. The van der Waals surface area contributed by atoms with E-state index in [4.69, 9.17) is 11.6 Å². The molecule has 1 atom stereocenters. The molecule has 1 aromatic heterocycles. The van der Waals surface area contributed by atoms with Crippen molar-refractivity contribution in [2.24, 2.45) is 0 Å². The molecule has 9 heteroatoms. The molecule has 0 saturated carbocycles. The van der Waals surface area contributed by atoms with Crippen LogP contribution in [0.4, 0.5) is 10.1 Å². The number of carbonyl (C=O) groups is 2. The number of benzene rings is 3. The number of hydrogen-bond donors (Lipinski definition) is 3. The van der Waals surface area contributed by atoms with Crippen molar-refractivity contribution >= 4 is 50.7 Å². The number of fused-ring (bicyclic) bond motifs is 2. The van der Waals surface area contributed by atoms with E-state index in [1.54, 1.807) is 26.0 Å². The molecule has 34 heavy (non-hydrogen) atoms. The fourth-order valence-electron chi connectivity index (χ4n) is 4.09. The van der Waals surface area contributed by atoms with Crippen LogP contribution in [0.5, 0.6) is 0 Å². The monoisotopic (exact) mass is 495 g/mol. The second-order valence-corrected chi connectivity index (χ2v) is 9.81. The molecule has 0 radical (unpaired) electrons. The average Bonchev–Trinajstić information content (AvgIpc) is 3.36. The Morgan fingerprint density at radius 1 is 1.21 bits per heavy atom. The summed E-state index contributed by atoms with van der Waals surface area (Å²) in [5.74, 6) is -1.38. The first-order chi connectivity index (χ1) is 16.1. The van der Waals surface area contributed by atoms with Crippen molar-refractivity contribution in [1.82, 2.24) is 9.69 Å². The van der Waals surface area contributed by atoms with E-state index < -0.39 is 29.3 Å². The maximum Gasteiger partial charge on any atom is 0.276 e. The maximum absolute atomic E-state index is 14.1. The van der Waals surface area contributed by atoms with Crippen molar-refractivity contribution in [3.8, 4) is 0 Å². The zero-order valence-electron chi connectivity index (χ0n) is 18.1. The number of halogens is 2. The van der Waals surface area contributed by atoms with E-state index in [-0.39, 0.29) is 16.3 Å². The van der Waals surface area contributed by atoms with Crippen LogP contribution in [0, 0.1) is 5.82 Å². The Morgan fingerprint density at radius 3 is 2.74 bits per heavy atom. The Morgan fingerprint density at radius 2 is 1.97 bits per heavy atom. The number of amides is 2. The highest BCUT2D eigenvalue weighted by atomic mass is 35.5. The minimum absolute atomic E-state index is 0.251. The van der Waals surface area contributed by atoms with Crippen molar-refractivity contribution in [3.63, 3.8) is 0 Å². The van der Waals surface area contributed by atoms with Gasteiger partial charge in [-0.05, 0) is 67.3 Å². The number of carbonyl (C=O) groups excluding carboxylic acids is 2. The number of aromatic nitrogens is 1. The third kappa shape index (κ3) is 3.83. The Kier molecular flexibility index (Phi) is 5.39. The molecule has 3 aromatic carbocycles. The van der Waals surface area contributed by atoms with Crippen molar-refractivity contribution in [3.05, 3.63) is 93.4 Å². The summed E-state index contributed by atoms with van der Waals surface area (Å²) in [7, 11) is 0. The summed E-state index contributed by atoms with van der Waals surface area (Å²) in [6, 6.07) is 13.7. The van der Waals surface area contributed by atoms with Crippen LogP contribution in [0.1, 0.15) is 57.4 Å². The summed E-state index contributed by atoms with van der Waals surface area (Å²) < 4.78 is 19.2. The smallest absolute Gasteiger partial charge is 0.276 e. The van der Waals surface area contributed by atoms with Gasteiger partial charge in [0.05, 0.1) is 16.3 Å².